The molecule has 2 heteroatoms. The van der Waals surface area contributed by atoms with Gasteiger partial charge in [-0.1, -0.05) is 0 Å². The molecule has 1 aliphatic rings. The van der Waals surface area contributed by atoms with Crippen molar-refractivity contribution in [3.63, 3.8) is 0 Å². The van der Waals surface area contributed by atoms with Crippen LogP contribution in [0.2, 0.25) is 0 Å². The average molecular weight is 99.2 g/mol. The van der Waals surface area contributed by atoms with E-state index in [-0.39, 0.29) is 0 Å². The molecule has 0 saturated carbocycles. The van der Waals surface area contributed by atoms with Crippen molar-refractivity contribution in [1.82, 2.24) is 5.32 Å². The molecule has 1 N–H and O–H groups in total. The van der Waals surface area contributed by atoms with Gasteiger partial charge in [-0.2, -0.15) is 0 Å². The Hall–Kier alpha value is -0.370. The number of nitrogens with one attached hydrogen (secondary N) is 1. The summed E-state index contributed by atoms with van der Waals surface area (Å²) in [7, 11) is 2.07. The van der Waals surface area contributed by atoms with Crippen molar-refractivity contribution in [2.45, 2.75) is 13.0 Å². The van der Waals surface area contributed by atoms with Gasteiger partial charge in [0.05, 0.1) is 6.04 Å². The number of hydrogen-bond acceptors (Lipinski definition) is 1. The lowest BCUT2D eigenvalue weighted by molar-refractivity contribution is -0.488. The predicted octanol–water partition coefficient (Wildman–Crippen LogP) is -0.351. The smallest absolute Gasteiger partial charge is 0.196 e. The Bertz CT molecular complexity index is 96.3. The van der Waals surface area contributed by atoms with Crippen molar-refractivity contribution in [1.29, 1.82) is 0 Å². The number of hydrogen-bond donors (Lipinski definition) is 1. The lowest BCUT2D eigenvalue weighted by atomic mass is 10.4. The highest BCUT2D eigenvalue weighted by Gasteiger charge is 2.10. The molecule has 2 nitrogen and oxygen atoms in total. The van der Waals surface area contributed by atoms with Crippen molar-refractivity contribution in [3.05, 3.63) is 0 Å². The van der Waals surface area contributed by atoms with Crippen LogP contribution in [0.15, 0.2) is 0 Å². The van der Waals surface area contributed by atoms with E-state index >= 15 is 0 Å². The zero-order valence-electron chi connectivity index (χ0n) is 4.81. The molecule has 0 amide bonds. The normalized spacial score (nSPS) is 30.6. The van der Waals surface area contributed by atoms with Gasteiger partial charge in [-0.15, -0.1) is 0 Å². The molecular weight excluding hydrogens is 88.1 g/mol. The largest absolute Gasteiger partial charge is 0.250 e. The lowest BCUT2D eigenvalue weighted by Gasteiger charge is -1.87. The molecule has 1 heterocycles. The molecule has 0 radical (unpaired) electrons. The van der Waals surface area contributed by atoms with Gasteiger partial charge >= 0.3 is 0 Å². The summed E-state index contributed by atoms with van der Waals surface area (Å²) in [5.41, 5.74) is 0. The summed E-state index contributed by atoms with van der Waals surface area (Å²) in [4.78, 5) is 0. The summed E-state index contributed by atoms with van der Waals surface area (Å²) in [5, 5.41) is 3.24. The van der Waals surface area contributed by atoms with Crippen LogP contribution in [-0.4, -0.2) is 30.5 Å². The molecule has 0 aromatic heterocycles. The molecule has 0 aromatic carbocycles. The van der Waals surface area contributed by atoms with Crippen LogP contribution >= 0.6 is 0 Å². The first-order valence-electron chi connectivity index (χ1n) is 2.57. The van der Waals surface area contributed by atoms with Crippen molar-refractivity contribution in [2.75, 3.05) is 13.7 Å². The van der Waals surface area contributed by atoms with Crippen molar-refractivity contribution >= 4 is 6.21 Å². The summed E-state index contributed by atoms with van der Waals surface area (Å²) in [6, 6.07) is 0.574. The van der Waals surface area contributed by atoms with E-state index < -0.39 is 0 Å². The van der Waals surface area contributed by atoms with Gasteiger partial charge in [0.2, 0.25) is 0 Å². The zero-order chi connectivity index (χ0) is 5.28. The summed E-state index contributed by atoms with van der Waals surface area (Å²) in [5.74, 6) is 0. The number of rotatable bonds is 0. The van der Waals surface area contributed by atoms with E-state index in [4.69, 9.17) is 0 Å². The third-order valence-electron chi connectivity index (χ3n) is 1.14. The van der Waals surface area contributed by atoms with Crippen LogP contribution in [0.5, 0.6) is 0 Å². The Morgan fingerprint density at radius 3 is 2.71 bits per heavy atom. The van der Waals surface area contributed by atoms with Gasteiger partial charge in [-0.05, 0) is 6.92 Å². The summed E-state index contributed by atoms with van der Waals surface area (Å²) < 4.78 is 2.14. The molecule has 0 aliphatic carbocycles. The zero-order valence-corrected chi connectivity index (χ0v) is 4.81. The molecule has 7 heavy (non-hydrogen) atoms. The summed E-state index contributed by atoms with van der Waals surface area (Å²) in [6.07, 6.45) is 2.17. The maximum Gasteiger partial charge on any atom is 0.196 e. The van der Waals surface area contributed by atoms with E-state index in [2.05, 4.69) is 30.1 Å². The minimum atomic E-state index is 0.574. The fourth-order valence-electron chi connectivity index (χ4n) is 0.775. The quantitative estimate of drug-likeness (QED) is 0.410. The fraction of sp³-hybridized carbons (Fsp3) is 0.800. The van der Waals surface area contributed by atoms with Crippen LogP contribution in [0.4, 0.5) is 0 Å². The molecule has 0 spiro atoms. The number of nitrogens with zero attached hydrogens (tertiary/aromatic N) is 1. The van der Waals surface area contributed by atoms with E-state index in [0.717, 1.165) is 6.67 Å². The molecule has 1 rings (SSSR count). The summed E-state index contributed by atoms with van der Waals surface area (Å²) in [6.45, 7) is 3.14. The van der Waals surface area contributed by atoms with E-state index in [1.54, 1.807) is 0 Å². The van der Waals surface area contributed by atoms with Gasteiger partial charge in [0, 0.05) is 0 Å². The Morgan fingerprint density at radius 1 is 1.86 bits per heavy atom. The molecule has 0 aromatic rings. The molecule has 0 saturated heterocycles. The van der Waals surface area contributed by atoms with Crippen molar-refractivity contribution < 1.29 is 4.58 Å². The lowest BCUT2D eigenvalue weighted by Crippen LogP contribution is -2.20. The molecule has 1 atom stereocenters. The topological polar surface area (TPSA) is 15.0 Å². The van der Waals surface area contributed by atoms with E-state index in [1.165, 1.54) is 0 Å². The Labute approximate surface area is 43.8 Å². The van der Waals surface area contributed by atoms with Gasteiger partial charge in [-0.3, -0.25) is 0 Å². The van der Waals surface area contributed by atoms with Gasteiger partial charge in [0.1, 0.15) is 7.05 Å². The SMILES string of the molecule is CC1C=[N+](C)CN1. The molecule has 0 bridgehead atoms. The van der Waals surface area contributed by atoms with Gasteiger partial charge < -0.3 is 0 Å². The van der Waals surface area contributed by atoms with Crippen LogP contribution in [0.25, 0.3) is 0 Å². The van der Waals surface area contributed by atoms with Gasteiger partial charge in [0.15, 0.2) is 12.9 Å². The highest BCUT2D eigenvalue weighted by molar-refractivity contribution is 5.59. The van der Waals surface area contributed by atoms with Crippen LogP contribution in [-0.2, 0) is 0 Å². The third kappa shape index (κ3) is 0.996. The minimum absolute atomic E-state index is 0.574. The Morgan fingerprint density at radius 2 is 2.57 bits per heavy atom. The Balaban J connectivity index is 2.50. The first-order chi connectivity index (χ1) is 3.29. The Kier molecular flexibility index (Phi) is 1.11. The molecule has 1 unspecified atom stereocenters. The highest BCUT2D eigenvalue weighted by Crippen LogP contribution is 1.81. The maximum atomic E-state index is 3.24. The predicted molar refractivity (Wildman–Crippen MR) is 29.7 cm³/mol. The fourth-order valence-corrected chi connectivity index (χ4v) is 0.775. The van der Waals surface area contributed by atoms with Crippen LogP contribution in [0.1, 0.15) is 6.92 Å². The second kappa shape index (κ2) is 1.62. The monoisotopic (exact) mass is 99.1 g/mol. The first kappa shape index (κ1) is 4.78. The van der Waals surface area contributed by atoms with E-state index in [1.807, 2.05) is 0 Å². The average Bonchev–Trinajstić information content (AvgIpc) is 1.87. The van der Waals surface area contributed by atoms with Crippen LogP contribution < -0.4 is 5.32 Å². The minimum Gasteiger partial charge on any atom is -0.250 e. The van der Waals surface area contributed by atoms with Crippen molar-refractivity contribution in [3.8, 4) is 0 Å². The van der Waals surface area contributed by atoms with Crippen LogP contribution in [0.3, 0.4) is 0 Å². The van der Waals surface area contributed by atoms with Gasteiger partial charge in [0.25, 0.3) is 0 Å². The van der Waals surface area contributed by atoms with Gasteiger partial charge in [-0.25, -0.2) is 9.89 Å². The van der Waals surface area contributed by atoms with E-state index in [9.17, 15) is 0 Å². The third-order valence-corrected chi connectivity index (χ3v) is 1.14. The molecular formula is C5H11N2+. The van der Waals surface area contributed by atoms with E-state index in [0.29, 0.717) is 6.04 Å². The standard InChI is InChI=1S/C5H11N2/c1-5-3-7(2)4-6-5/h3,5-6H,4H2,1-2H3/q+1. The second-order valence-corrected chi connectivity index (χ2v) is 2.06. The molecule has 40 valence electrons. The molecule has 1 aliphatic heterocycles. The maximum absolute atomic E-state index is 3.24. The second-order valence-electron chi connectivity index (χ2n) is 2.06. The van der Waals surface area contributed by atoms with Crippen molar-refractivity contribution in [2.24, 2.45) is 0 Å². The highest BCUT2D eigenvalue weighted by atomic mass is 15.2. The molecule has 0 fully saturated rings. The first-order valence-corrected chi connectivity index (χ1v) is 2.57. The summed E-state index contributed by atoms with van der Waals surface area (Å²) >= 11 is 0. The van der Waals surface area contributed by atoms with Crippen LogP contribution in [0, 0.1) is 0 Å².